The molecule has 2 amide bonds. The normalized spacial score (nSPS) is 10.3. The molecule has 0 radical (unpaired) electrons. The monoisotopic (exact) mass is 363 g/mol. The fourth-order valence-electron chi connectivity index (χ4n) is 2.38. The fraction of sp³-hybridized carbons (Fsp3) is 0.278. The summed E-state index contributed by atoms with van der Waals surface area (Å²) < 4.78 is 18.6. The molecule has 26 heavy (non-hydrogen) atoms. The minimum absolute atomic E-state index is 0.0341. The third-order valence-corrected chi connectivity index (χ3v) is 3.54. The van der Waals surface area contributed by atoms with Gasteiger partial charge >= 0.3 is 6.03 Å². The van der Waals surface area contributed by atoms with Gasteiger partial charge in [0.25, 0.3) is 0 Å². The molecule has 7 nitrogen and oxygen atoms in total. The lowest BCUT2D eigenvalue weighted by molar-refractivity contribution is 0.262. The topological polar surface area (TPSA) is 103 Å². The number of aliphatic hydroxyl groups excluding tert-OH is 2. The Balaban J connectivity index is 2.13. The van der Waals surface area contributed by atoms with E-state index in [0.717, 1.165) is 0 Å². The van der Waals surface area contributed by atoms with Crippen LogP contribution in [-0.4, -0.2) is 43.1 Å². The van der Waals surface area contributed by atoms with Gasteiger partial charge in [0, 0.05) is 42.3 Å². The Bertz CT molecular complexity index is 755. The van der Waals surface area contributed by atoms with Crippen LogP contribution in [0.25, 0.3) is 0 Å². The molecule has 0 unspecified atom stereocenters. The van der Waals surface area contributed by atoms with Crippen molar-refractivity contribution in [1.29, 1.82) is 0 Å². The van der Waals surface area contributed by atoms with E-state index in [-0.39, 0.29) is 18.9 Å². The zero-order valence-corrected chi connectivity index (χ0v) is 14.4. The van der Waals surface area contributed by atoms with Gasteiger partial charge in [-0.25, -0.2) is 9.18 Å². The summed E-state index contributed by atoms with van der Waals surface area (Å²) in [5.74, 6) is 0.0359. The van der Waals surface area contributed by atoms with Crippen LogP contribution in [0.5, 0.6) is 5.75 Å². The largest absolute Gasteiger partial charge is 0.497 e. The predicted octanol–water partition coefficient (Wildman–Crippen LogP) is 2.42. The predicted molar refractivity (Wildman–Crippen MR) is 98.4 cm³/mol. The van der Waals surface area contributed by atoms with Crippen LogP contribution >= 0.6 is 0 Å². The van der Waals surface area contributed by atoms with Crippen LogP contribution in [0.1, 0.15) is 5.56 Å². The van der Waals surface area contributed by atoms with E-state index in [2.05, 4.69) is 16.0 Å². The summed E-state index contributed by atoms with van der Waals surface area (Å²) in [5.41, 5.74) is 2.04. The average Bonchev–Trinajstić information content (AvgIpc) is 2.62. The maximum absolute atomic E-state index is 13.5. The van der Waals surface area contributed by atoms with Gasteiger partial charge in [-0.1, -0.05) is 6.07 Å². The molecule has 0 spiro atoms. The van der Waals surface area contributed by atoms with E-state index in [1.165, 1.54) is 25.3 Å². The number of carbonyl (C=O) groups excluding carboxylic acids is 1. The summed E-state index contributed by atoms with van der Waals surface area (Å²) in [6.45, 7) is 0.206. The van der Waals surface area contributed by atoms with Crippen molar-refractivity contribution in [2.45, 2.75) is 6.42 Å². The van der Waals surface area contributed by atoms with Crippen molar-refractivity contribution in [1.82, 2.24) is 0 Å². The van der Waals surface area contributed by atoms with Gasteiger partial charge < -0.3 is 30.9 Å². The van der Waals surface area contributed by atoms with E-state index in [1.807, 2.05) is 0 Å². The highest BCUT2D eigenvalue weighted by atomic mass is 19.1. The van der Waals surface area contributed by atoms with Crippen molar-refractivity contribution in [3.63, 3.8) is 0 Å². The Morgan fingerprint density at radius 1 is 1.08 bits per heavy atom. The molecule has 2 aromatic carbocycles. The third kappa shape index (κ3) is 5.61. The molecule has 0 aliphatic carbocycles. The van der Waals surface area contributed by atoms with Crippen LogP contribution in [0.15, 0.2) is 36.4 Å². The van der Waals surface area contributed by atoms with Crippen LogP contribution in [0.3, 0.4) is 0 Å². The van der Waals surface area contributed by atoms with Gasteiger partial charge in [0.1, 0.15) is 11.6 Å². The Hall–Kier alpha value is -2.84. The number of carbonyl (C=O) groups is 1. The van der Waals surface area contributed by atoms with Crippen molar-refractivity contribution >= 4 is 23.1 Å². The van der Waals surface area contributed by atoms with Crippen molar-refractivity contribution < 1.29 is 24.1 Å². The summed E-state index contributed by atoms with van der Waals surface area (Å²) in [5, 5.41) is 26.2. The summed E-state index contributed by atoms with van der Waals surface area (Å²) in [6, 6.07) is 8.46. The number of urea groups is 1. The molecule has 0 aliphatic rings. The molecule has 0 saturated heterocycles. The van der Waals surface area contributed by atoms with Gasteiger partial charge in [0.2, 0.25) is 0 Å². The molecule has 0 saturated carbocycles. The summed E-state index contributed by atoms with van der Waals surface area (Å²) in [4.78, 5) is 12.3. The summed E-state index contributed by atoms with van der Waals surface area (Å²) >= 11 is 0. The summed E-state index contributed by atoms with van der Waals surface area (Å²) in [7, 11) is 1.50. The van der Waals surface area contributed by atoms with E-state index in [0.29, 0.717) is 35.7 Å². The van der Waals surface area contributed by atoms with Gasteiger partial charge in [-0.05, 0) is 30.2 Å². The number of aliphatic hydroxyl groups is 2. The zero-order valence-electron chi connectivity index (χ0n) is 14.4. The molecule has 140 valence electrons. The van der Waals surface area contributed by atoms with Gasteiger partial charge in [0.05, 0.1) is 13.7 Å². The number of ether oxygens (including phenoxy) is 1. The highest BCUT2D eigenvalue weighted by Gasteiger charge is 2.10. The standard InChI is InChI=1S/C18H22FN3O4/c1-26-16-10-14(20-5-7-24)9-15(11-16)21-18(25)22-17-8-13(19)3-2-12(17)4-6-23/h2-3,8-11,20,23-24H,4-7H2,1H3,(H2,21,22,25). The van der Waals surface area contributed by atoms with Crippen LogP contribution in [0.2, 0.25) is 0 Å². The minimum atomic E-state index is -0.559. The second-order valence-electron chi connectivity index (χ2n) is 5.45. The number of amides is 2. The molecule has 0 aromatic heterocycles. The Labute approximate surface area is 150 Å². The van der Waals surface area contributed by atoms with Crippen molar-refractivity contribution in [2.24, 2.45) is 0 Å². The molecule has 2 aromatic rings. The molecular weight excluding hydrogens is 341 g/mol. The Morgan fingerprint density at radius 2 is 1.85 bits per heavy atom. The first kappa shape index (κ1) is 19.5. The van der Waals surface area contributed by atoms with Gasteiger partial charge in [-0.15, -0.1) is 0 Å². The first-order valence-corrected chi connectivity index (χ1v) is 8.07. The first-order chi connectivity index (χ1) is 12.5. The maximum Gasteiger partial charge on any atom is 0.323 e. The molecular formula is C18H22FN3O4. The number of benzene rings is 2. The number of rotatable bonds is 8. The van der Waals surface area contributed by atoms with Gasteiger partial charge in [-0.3, -0.25) is 0 Å². The van der Waals surface area contributed by atoms with E-state index < -0.39 is 11.8 Å². The van der Waals surface area contributed by atoms with Crippen molar-refractivity contribution in [3.05, 3.63) is 47.8 Å². The van der Waals surface area contributed by atoms with E-state index in [4.69, 9.17) is 14.9 Å². The maximum atomic E-state index is 13.5. The number of hydrogen-bond donors (Lipinski definition) is 5. The van der Waals surface area contributed by atoms with Crippen LogP contribution in [-0.2, 0) is 6.42 Å². The number of hydrogen-bond acceptors (Lipinski definition) is 5. The van der Waals surface area contributed by atoms with Crippen LogP contribution in [0, 0.1) is 5.82 Å². The second kappa shape index (κ2) is 9.59. The number of anilines is 3. The minimum Gasteiger partial charge on any atom is -0.497 e. The van der Waals surface area contributed by atoms with Crippen LogP contribution in [0.4, 0.5) is 26.2 Å². The quantitative estimate of drug-likeness (QED) is 0.496. The van der Waals surface area contributed by atoms with Crippen molar-refractivity contribution in [2.75, 3.05) is 42.8 Å². The molecule has 2 rings (SSSR count). The third-order valence-electron chi connectivity index (χ3n) is 3.54. The summed E-state index contributed by atoms with van der Waals surface area (Å²) in [6.07, 6.45) is 0.296. The lowest BCUT2D eigenvalue weighted by Gasteiger charge is -2.14. The highest BCUT2D eigenvalue weighted by Crippen LogP contribution is 2.25. The molecule has 0 heterocycles. The highest BCUT2D eigenvalue weighted by molar-refractivity contribution is 6.00. The molecule has 0 fully saturated rings. The number of nitrogens with one attached hydrogen (secondary N) is 3. The number of methoxy groups -OCH3 is 1. The fourth-order valence-corrected chi connectivity index (χ4v) is 2.38. The molecule has 0 aliphatic heterocycles. The van der Waals surface area contributed by atoms with E-state index >= 15 is 0 Å². The zero-order chi connectivity index (χ0) is 18.9. The number of halogens is 1. The lowest BCUT2D eigenvalue weighted by atomic mass is 10.1. The lowest BCUT2D eigenvalue weighted by Crippen LogP contribution is -2.20. The molecule has 5 N–H and O–H groups in total. The Kier molecular flexibility index (Phi) is 7.19. The van der Waals surface area contributed by atoms with Crippen LogP contribution < -0.4 is 20.7 Å². The average molecular weight is 363 g/mol. The molecule has 0 bridgehead atoms. The Morgan fingerprint density at radius 3 is 2.54 bits per heavy atom. The second-order valence-corrected chi connectivity index (χ2v) is 5.45. The SMILES string of the molecule is COc1cc(NCCO)cc(NC(=O)Nc2cc(F)ccc2CCO)c1. The van der Waals surface area contributed by atoms with Gasteiger partial charge in [0.15, 0.2) is 0 Å². The van der Waals surface area contributed by atoms with E-state index in [9.17, 15) is 9.18 Å². The smallest absolute Gasteiger partial charge is 0.323 e. The van der Waals surface area contributed by atoms with Gasteiger partial charge in [-0.2, -0.15) is 0 Å². The first-order valence-electron chi connectivity index (χ1n) is 8.07. The molecule has 0 atom stereocenters. The van der Waals surface area contributed by atoms with E-state index in [1.54, 1.807) is 18.2 Å². The van der Waals surface area contributed by atoms with Crippen molar-refractivity contribution in [3.8, 4) is 5.75 Å². The molecule has 8 heteroatoms.